The van der Waals surface area contributed by atoms with Crippen LogP contribution in [0.15, 0.2) is 34.1 Å². The normalized spacial score (nSPS) is 12.2. The summed E-state index contributed by atoms with van der Waals surface area (Å²) in [6, 6.07) is 7.76. The predicted octanol–water partition coefficient (Wildman–Crippen LogP) is 4.86. The molecule has 2 nitrogen and oxygen atoms in total. The maximum atomic E-state index is 6.51. The fourth-order valence-electron chi connectivity index (χ4n) is 1.63. The second-order valence-corrected chi connectivity index (χ2v) is 5.93. The first-order valence-electron chi connectivity index (χ1n) is 5.25. The monoisotopic (exact) mass is 346 g/mol. The first-order chi connectivity index (χ1) is 8.65. The predicted molar refractivity (Wildman–Crippen MR) is 79.3 cm³/mol. The molecule has 0 aliphatic carbocycles. The van der Waals surface area contributed by atoms with Crippen LogP contribution in [0.3, 0.4) is 0 Å². The summed E-state index contributed by atoms with van der Waals surface area (Å²) in [5, 5.41) is 1.70. The van der Waals surface area contributed by atoms with Crippen molar-refractivity contribution in [1.29, 1.82) is 0 Å². The molecular weight excluding hydrogens is 336 g/mol. The Morgan fingerprint density at radius 1 is 1.22 bits per heavy atom. The van der Waals surface area contributed by atoms with E-state index in [-0.39, 0.29) is 5.38 Å². The number of hydrogen-bond acceptors (Lipinski definition) is 3. The number of methoxy groups -OCH3 is 2. The van der Waals surface area contributed by atoms with Crippen molar-refractivity contribution < 1.29 is 9.47 Å². The number of halogens is 2. The van der Waals surface area contributed by atoms with Crippen molar-refractivity contribution in [3.8, 4) is 11.5 Å². The molecule has 0 bridgehead atoms. The number of benzene rings is 1. The molecule has 96 valence electrons. The van der Waals surface area contributed by atoms with Crippen molar-refractivity contribution in [1.82, 2.24) is 0 Å². The number of ether oxygens (including phenoxy) is 2. The van der Waals surface area contributed by atoms with Crippen LogP contribution < -0.4 is 9.47 Å². The first kappa shape index (κ1) is 13.7. The summed E-state index contributed by atoms with van der Waals surface area (Å²) in [5.41, 5.74) is 0.943. The van der Waals surface area contributed by atoms with Gasteiger partial charge in [0.2, 0.25) is 0 Å². The van der Waals surface area contributed by atoms with E-state index in [1.54, 1.807) is 25.6 Å². The van der Waals surface area contributed by atoms with Gasteiger partial charge in [-0.15, -0.1) is 22.9 Å². The maximum Gasteiger partial charge on any atom is 0.129 e. The van der Waals surface area contributed by atoms with Crippen LogP contribution >= 0.6 is 38.9 Å². The van der Waals surface area contributed by atoms with E-state index in [0.29, 0.717) is 0 Å². The largest absolute Gasteiger partial charge is 0.496 e. The smallest absolute Gasteiger partial charge is 0.129 e. The molecule has 1 aromatic heterocycles. The molecule has 1 heterocycles. The van der Waals surface area contributed by atoms with Crippen LogP contribution in [0.2, 0.25) is 0 Å². The van der Waals surface area contributed by atoms with Crippen LogP contribution in [0, 0.1) is 0 Å². The average Bonchev–Trinajstić information content (AvgIpc) is 2.86. The zero-order valence-corrected chi connectivity index (χ0v) is 13.1. The van der Waals surface area contributed by atoms with Crippen LogP contribution in [0.4, 0.5) is 0 Å². The zero-order chi connectivity index (χ0) is 13.1. The van der Waals surface area contributed by atoms with E-state index in [0.717, 1.165) is 26.4 Å². The van der Waals surface area contributed by atoms with E-state index in [2.05, 4.69) is 15.9 Å². The summed E-state index contributed by atoms with van der Waals surface area (Å²) in [6.45, 7) is 0. The van der Waals surface area contributed by atoms with Gasteiger partial charge in [0.05, 0.1) is 19.6 Å². The molecule has 1 unspecified atom stereocenters. The molecule has 0 aliphatic rings. The Balaban J connectivity index is 2.38. The molecule has 5 heteroatoms. The van der Waals surface area contributed by atoms with Gasteiger partial charge in [-0.05, 0) is 24.3 Å². The first-order valence-corrected chi connectivity index (χ1v) is 7.36. The third kappa shape index (κ3) is 2.82. The van der Waals surface area contributed by atoms with E-state index in [1.807, 2.05) is 29.6 Å². The Kier molecular flexibility index (Phi) is 4.54. The van der Waals surface area contributed by atoms with Gasteiger partial charge in [0.15, 0.2) is 0 Å². The van der Waals surface area contributed by atoms with Crippen molar-refractivity contribution in [2.24, 2.45) is 0 Å². The van der Waals surface area contributed by atoms with Gasteiger partial charge >= 0.3 is 0 Å². The standard InChI is InChI=1S/C13H12BrClO2S/c1-16-9-6-12(18-7-9)13(15)10-5-8(14)3-4-11(10)17-2/h3-7,13H,1-2H3. The van der Waals surface area contributed by atoms with Crippen LogP contribution in [0.25, 0.3) is 0 Å². The minimum Gasteiger partial charge on any atom is -0.496 e. The van der Waals surface area contributed by atoms with Crippen LogP contribution in [0.1, 0.15) is 15.8 Å². The van der Waals surface area contributed by atoms with Crippen molar-refractivity contribution in [2.75, 3.05) is 14.2 Å². The van der Waals surface area contributed by atoms with E-state index >= 15 is 0 Å². The van der Waals surface area contributed by atoms with Gasteiger partial charge in [-0.25, -0.2) is 0 Å². The van der Waals surface area contributed by atoms with Crippen LogP contribution in [-0.4, -0.2) is 14.2 Å². The van der Waals surface area contributed by atoms with E-state index < -0.39 is 0 Å². The molecule has 0 spiro atoms. The Morgan fingerprint density at radius 3 is 2.61 bits per heavy atom. The SMILES string of the molecule is COc1csc(C(Cl)c2cc(Br)ccc2OC)c1. The van der Waals surface area contributed by atoms with Gasteiger partial charge < -0.3 is 9.47 Å². The molecule has 0 amide bonds. The lowest BCUT2D eigenvalue weighted by Crippen LogP contribution is -1.95. The number of thiophene rings is 1. The maximum absolute atomic E-state index is 6.51. The highest BCUT2D eigenvalue weighted by Gasteiger charge is 2.18. The van der Waals surface area contributed by atoms with Crippen molar-refractivity contribution in [3.63, 3.8) is 0 Å². The molecule has 0 saturated heterocycles. The molecule has 0 fully saturated rings. The van der Waals surface area contributed by atoms with Crippen molar-refractivity contribution in [3.05, 3.63) is 44.6 Å². The second kappa shape index (κ2) is 5.95. The van der Waals surface area contributed by atoms with Gasteiger partial charge in [0.25, 0.3) is 0 Å². The Labute approximate surface area is 124 Å². The lowest BCUT2D eigenvalue weighted by molar-refractivity contribution is 0.410. The van der Waals surface area contributed by atoms with Crippen LogP contribution in [-0.2, 0) is 0 Å². The second-order valence-electron chi connectivity index (χ2n) is 3.64. The lowest BCUT2D eigenvalue weighted by atomic mass is 10.1. The van der Waals surface area contributed by atoms with E-state index in [1.165, 1.54) is 0 Å². The summed E-state index contributed by atoms with van der Waals surface area (Å²) < 4.78 is 11.5. The minimum absolute atomic E-state index is 0.244. The Bertz CT molecular complexity index is 542. The van der Waals surface area contributed by atoms with E-state index in [4.69, 9.17) is 21.1 Å². The number of hydrogen-bond donors (Lipinski definition) is 0. The third-order valence-corrected chi connectivity index (χ3v) is 4.61. The summed E-state index contributed by atoms with van der Waals surface area (Å²) >= 11 is 11.5. The third-order valence-electron chi connectivity index (χ3n) is 2.55. The molecular formula is C13H12BrClO2S. The van der Waals surface area contributed by atoms with Gasteiger partial charge in [-0.3, -0.25) is 0 Å². The summed E-state index contributed by atoms with van der Waals surface area (Å²) in [5.74, 6) is 1.61. The highest BCUT2D eigenvalue weighted by molar-refractivity contribution is 9.10. The molecule has 0 radical (unpaired) electrons. The van der Waals surface area contributed by atoms with Crippen molar-refractivity contribution >= 4 is 38.9 Å². The molecule has 2 aromatic rings. The van der Waals surface area contributed by atoms with E-state index in [9.17, 15) is 0 Å². The number of rotatable bonds is 4. The fourth-order valence-corrected chi connectivity index (χ4v) is 3.24. The Morgan fingerprint density at radius 2 is 2.00 bits per heavy atom. The zero-order valence-electron chi connectivity index (χ0n) is 9.94. The molecule has 0 N–H and O–H groups in total. The molecule has 1 atom stereocenters. The molecule has 0 aliphatic heterocycles. The molecule has 18 heavy (non-hydrogen) atoms. The summed E-state index contributed by atoms with van der Waals surface area (Å²) in [7, 11) is 3.29. The highest BCUT2D eigenvalue weighted by Crippen LogP contribution is 2.40. The minimum atomic E-state index is -0.244. The van der Waals surface area contributed by atoms with Gasteiger partial charge in [0, 0.05) is 20.3 Å². The summed E-state index contributed by atoms with van der Waals surface area (Å²) in [6.07, 6.45) is 0. The molecule has 2 rings (SSSR count). The Hall–Kier alpha value is -0.710. The quantitative estimate of drug-likeness (QED) is 0.736. The van der Waals surface area contributed by atoms with Gasteiger partial charge in [0.1, 0.15) is 11.5 Å². The molecule has 0 saturated carbocycles. The topological polar surface area (TPSA) is 18.5 Å². The average molecular weight is 348 g/mol. The van der Waals surface area contributed by atoms with Crippen molar-refractivity contribution in [2.45, 2.75) is 5.38 Å². The van der Waals surface area contributed by atoms with Gasteiger partial charge in [-0.1, -0.05) is 15.9 Å². The highest BCUT2D eigenvalue weighted by atomic mass is 79.9. The fraction of sp³-hybridized carbons (Fsp3) is 0.231. The van der Waals surface area contributed by atoms with Crippen LogP contribution in [0.5, 0.6) is 11.5 Å². The lowest BCUT2D eigenvalue weighted by Gasteiger charge is -2.13. The summed E-state index contributed by atoms with van der Waals surface area (Å²) in [4.78, 5) is 1.03. The molecule has 1 aromatic carbocycles. The van der Waals surface area contributed by atoms with Gasteiger partial charge in [-0.2, -0.15) is 0 Å². The number of alkyl halides is 1.